The van der Waals surface area contributed by atoms with Gasteiger partial charge in [-0.2, -0.15) is 8.75 Å². The number of ether oxygens (including phenoxy) is 1. The van der Waals surface area contributed by atoms with Gasteiger partial charge < -0.3 is 4.74 Å². The monoisotopic (exact) mass is 357 g/mol. The van der Waals surface area contributed by atoms with Crippen LogP contribution in [0, 0.1) is 10.1 Å². The molecule has 1 heterocycles. The molecule has 1 aromatic heterocycles. The second kappa shape index (κ2) is 7.35. The average molecular weight is 357 g/mol. The molecule has 8 heteroatoms. The van der Waals surface area contributed by atoms with Crippen LogP contribution in [0.4, 0.5) is 5.69 Å². The molecule has 0 aliphatic heterocycles. The first-order chi connectivity index (χ1) is 12.1. The number of benzene rings is 2. The minimum atomic E-state index is -0.562. The quantitative estimate of drug-likeness (QED) is 0.381. The Bertz CT molecular complexity index is 925. The minimum absolute atomic E-state index is 0.000683. The molecule has 25 heavy (non-hydrogen) atoms. The fourth-order valence-electron chi connectivity index (χ4n) is 2.63. The van der Waals surface area contributed by atoms with E-state index < -0.39 is 10.8 Å². The third kappa shape index (κ3) is 3.80. The lowest BCUT2D eigenvalue weighted by atomic mass is 9.91. The highest BCUT2D eigenvalue weighted by Gasteiger charge is 2.24. The van der Waals surface area contributed by atoms with Crippen molar-refractivity contribution >= 4 is 34.4 Å². The maximum Gasteiger partial charge on any atom is 0.313 e. The highest BCUT2D eigenvalue weighted by molar-refractivity contribution is 7.00. The molecule has 128 valence electrons. The summed E-state index contributed by atoms with van der Waals surface area (Å²) >= 11 is 1.11. The number of nitro benzene ring substituents is 1. The molecule has 3 rings (SSSR count). The van der Waals surface area contributed by atoms with E-state index in [4.69, 9.17) is 4.74 Å². The van der Waals surface area contributed by atoms with Gasteiger partial charge in [0.1, 0.15) is 11.0 Å². The van der Waals surface area contributed by atoms with Crippen LogP contribution in [0.1, 0.15) is 24.0 Å². The molecule has 0 bridgehead atoms. The van der Waals surface area contributed by atoms with Crippen LogP contribution < -0.4 is 0 Å². The van der Waals surface area contributed by atoms with Crippen molar-refractivity contribution in [3.05, 3.63) is 63.7 Å². The molecule has 3 aromatic rings. The summed E-state index contributed by atoms with van der Waals surface area (Å²) in [6, 6.07) is 11.7. The summed E-state index contributed by atoms with van der Waals surface area (Å²) in [5, 5.41) is 11.0. The van der Waals surface area contributed by atoms with Crippen molar-refractivity contribution in [3.8, 4) is 0 Å². The number of fused-ring (bicyclic) bond motifs is 1. The van der Waals surface area contributed by atoms with Gasteiger partial charge in [0.15, 0.2) is 0 Å². The first kappa shape index (κ1) is 17.0. The van der Waals surface area contributed by atoms with Crippen LogP contribution in [0.5, 0.6) is 0 Å². The van der Waals surface area contributed by atoms with Crippen LogP contribution in [0.2, 0.25) is 0 Å². The summed E-state index contributed by atoms with van der Waals surface area (Å²) in [6.45, 7) is 2.01. The van der Waals surface area contributed by atoms with E-state index in [0.29, 0.717) is 12.0 Å². The molecule has 1 atom stereocenters. The van der Waals surface area contributed by atoms with Crippen LogP contribution in [-0.2, 0) is 16.0 Å². The van der Waals surface area contributed by atoms with E-state index in [2.05, 4.69) is 8.75 Å². The van der Waals surface area contributed by atoms with E-state index in [1.807, 2.05) is 18.2 Å². The van der Waals surface area contributed by atoms with Gasteiger partial charge in [0, 0.05) is 12.1 Å². The highest BCUT2D eigenvalue weighted by atomic mass is 32.1. The van der Waals surface area contributed by atoms with Crippen molar-refractivity contribution < 1.29 is 14.5 Å². The smallest absolute Gasteiger partial charge is 0.313 e. The third-order valence-corrected chi connectivity index (χ3v) is 4.37. The molecule has 0 aliphatic rings. The standard InChI is InChI=1S/C17H15N3O4S/c1-2-24-17(21)14(9-11-4-3-5-13(8-11)20(22)23)12-6-7-15-16(10-12)19-25-18-15/h3-8,10,14H,2,9H2,1H3. The van der Waals surface area contributed by atoms with Gasteiger partial charge in [-0.15, -0.1) is 0 Å². The normalized spacial score (nSPS) is 12.0. The van der Waals surface area contributed by atoms with Crippen molar-refractivity contribution in [2.75, 3.05) is 6.61 Å². The number of nitro groups is 1. The van der Waals surface area contributed by atoms with Gasteiger partial charge >= 0.3 is 5.97 Å². The molecule has 0 fully saturated rings. The van der Waals surface area contributed by atoms with Crippen LogP contribution in [-0.4, -0.2) is 26.2 Å². The van der Waals surface area contributed by atoms with Gasteiger partial charge in [0.2, 0.25) is 0 Å². The zero-order valence-corrected chi connectivity index (χ0v) is 14.2. The number of non-ortho nitro benzene ring substituents is 1. The number of carbonyl (C=O) groups excluding carboxylic acids is 1. The second-order valence-electron chi connectivity index (χ2n) is 5.45. The first-order valence-electron chi connectivity index (χ1n) is 7.70. The molecule has 0 N–H and O–H groups in total. The molecule has 0 spiro atoms. The Morgan fingerprint density at radius 1 is 1.24 bits per heavy atom. The van der Waals surface area contributed by atoms with E-state index in [0.717, 1.165) is 28.3 Å². The second-order valence-corrected chi connectivity index (χ2v) is 5.98. The molecular formula is C17H15N3O4S. The van der Waals surface area contributed by atoms with Crippen molar-refractivity contribution in [2.24, 2.45) is 0 Å². The zero-order valence-electron chi connectivity index (χ0n) is 13.4. The highest BCUT2D eigenvalue weighted by Crippen LogP contribution is 2.27. The van der Waals surface area contributed by atoms with E-state index in [1.165, 1.54) is 12.1 Å². The van der Waals surface area contributed by atoms with E-state index in [-0.39, 0.29) is 18.3 Å². The molecule has 7 nitrogen and oxygen atoms in total. The predicted octanol–water partition coefficient (Wildman–Crippen LogP) is 3.49. The number of carbonyl (C=O) groups is 1. The number of aromatic nitrogens is 2. The number of esters is 1. The number of nitrogens with zero attached hydrogens (tertiary/aromatic N) is 3. The number of hydrogen-bond acceptors (Lipinski definition) is 7. The summed E-state index contributed by atoms with van der Waals surface area (Å²) in [4.78, 5) is 23.0. The molecule has 0 radical (unpaired) electrons. The Morgan fingerprint density at radius 2 is 2.04 bits per heavy atom. The van der Waals surface area contributed by atoms with Gasteiger partial charge in [-0.3, -0.25) is 14.9 Å². The molecule has 0 amide bonds. The Labute approximate surface area is 147 Å². The van der Waals surface area contributed by atoms with Gasteiger partial charge in [0.05, 0.1) is 29.2 Å². The van der Waals surface area contributed by atoms with Crippen molar-refractivity contribution in [1.82, 2.24) is 8.75 Å². The molecular weight excluding hydrogens is 342 g/mol. The third-order valence-electron chi connectivity index (χ3n) is 3.81. The van der Waals surface area contributed by atoms with Crippen molar-refractivity contribution in [1.29, 1.82) is 0 Å². The Kier molecular flexibility index (Phi) is 4.99. The summed E-state index contributed by atoms with van der Waals surface area (Å²) in [7, 11) is 0. The molecule has 1 unspecified atom stereocenters. The molecule has 0 aliphatic carbocycles. The van der Waals surface area contributed by atoms with Crippen LogP contribution in [0.3, 0.4) is 0 Å². The Hall–Kier alpha value is -2.87. The SMILES string of the molecule is CCOC(=O)C(Cc1cccc([N+](=O)[O-])c1)c1ccc2nsnc2c1. The van der Waals surface area contributed by atoms with Crippen LogP contribution in [0.15, 0.2) is 42.5 Å². The Balaban J connectivity index is 1.95. The Morgan fingerprint density at radius 3 is 2.80 bits per heavy atom. The lowest BCUT2D eigenvalue weighted by Crippen LogP contribution is -2.18. The molecule has 2 aromatic carbocycles. The number of hydrogen-bond donors (Lipinski definition) is 0. The lowest BCUT2D eigenvalue weighted by molar-refractivity contribution is -0.384. The first-order valence-corrected chi connectivity index (χ1v) is 8.43. The maximum absolute atomic E-state index is 12.5. The lowest BCUT2D eigenvalue weighted by Gasteiger charge is -2.16. The van der Waals surface area contributed by atoms with Gasteiger partial charge in [0.25, 0.3) is 5.69 Å². The molecule has 0 saturated carbocycles. The minimum Gasteiger partial charge on any atom is -0.466 e. The molecule has 0 saturated heterocycles. The summed E-state index contributed by atoms with van der Waals surface area (Å²) < 4.78 is 13.6. The average Bonchev–Trinajstić information content (AvgIpc) is 3.07. The largest absolute Gasteiger partial charge is 0.466 e. The summed E-state index contributed by atoms with van der Waals surface area (Å²) in [5.41, 5.74) is 2.94. The van der Waals surface area contributed by atoms with E-state index in [1.54, 1.807) is 19.1 Å². The van der Waals surface area contributed by atoms with E-state index >= 15 is 0 Å². The van der Waals surface area contributed by atoms with Crippen LogP contribution >= 0.6 is 11.7 Å². The van der Waals surface area contributed by atoms with E-state index in [9.17, 15) is 14.9 Å². The maximum atomic E-state index is 12.5. The van der Waals surface area contributed by atoms with Gasteiger partial charge in [-0.25, -0.2) is 0 Å². The van der Waals surface area contributed by atoms with Crippen molar-refractivity contribution in [2.45, 2.75) is 19.3 Å². The fourth-order valence-corrected chi connectivity index (χ4v) is 3.15. The van der Waals surface area contributed by atoms with Gasteiger partial charge in [-0.05, 0) is 36.6 Å². The summed E-state index contributed by atoms with van der Waals surface area (Å²) in [6.07, 6.45) is 0.309. The fraction of sp³-hybridized carbons (Fsp3) is 0.235. The number of rotatable bonds is 6. The van der Waals surface area contributed by atoms with Crippen LogP contribution in [0.25, 0.3) is 11.0 Å². The van der Waals surface area contributed by atoms with Gasteiger partial charge in [-0.1, -0.05) is 18.2 Å². The predicted molar refractivity (Wildman–Crippen MR) is 93.6 cm³/mol. The van der Waals surface area contributed by atoms with Crippen molar-refractivity contribution in [3.63, 3.8) is 0 Å². The summed E-state index contributed by atoms with van der Waals surface area (Å²) in [5.74, 6) is -0.926. The topological polar surface area (TPSA) is 95.2 Å². The zero-order chi connectivity index (χ0) is 17.8.